The van der Waals surface area contributed by atoms with E-state index in [0.717, 1.165) is 0 Å². The Morgan fingerprint density at radius 2 is 2.50 bits per heavy atom. The summed E-state index contributed by atoms with van der Waals surface area (Å²) in [5.41, 5.74) is 0. The van der Waals surface area contributed by atoms with Crippen LogP contribution in [0, 0.1) is 0 Å². The first-order chi connectivity index (χ1) is 4.75. The summed E-state index contributed by atoms with van der Waals surface area (Å²) in [6, 6.07) is 1.61. The van der Waals surface area contributed by atoms with Crippen molar-refractivity contribution in [2.45, 2.75) is 6.10 Å². The standard InChI is InChI=1S/C6H5BrO3/c7-4-1-2-10-6(4)5(9)3-8/h1-3,5,9H. The first kappa shape index (κ1) is 7.50. The highest BCUT2D eigenvalue weighted by Crippen LogP contribution is 2.22. The molecule has 1 unspecified atom stereocenters. The highest BCUT2D eigenvalue weighted by molar-refractivity contribution is 9.10. The van der Waals surface area contributed by atoms with Gasteiger partial charge in [0.25, 0.3) is 0 Å². The number of carbonyl (C=O) groups is 1. The van der Waals surface area contributed by atoms with E-state index in [-0.39, 0.29) is 5.76 Å². The zero-order valence-electron chi connectivity index (χ0n) is 4.95. The Kier molecular flexibility index (Phi) is 2.24. The fraction of sp³-hybridized carbons (Fsp3) is 0.167. The predicted molar refractivity (Wildman–Crippen MR) is 37.4 cm³/mol. The number of carbonyl (C=O) groups excluding carboxylic acids is 1. The third-order valence-corrected chi connectivity index (χ3v) is 1.70. The van der Waals surface area contributed by atoms with Crippen molar-refractivity contribution in [1.82, 2.24) is 0 Å². The van der Waals surface area contributed by atoms with Gasteiger partial charge >= 0.3 is 0 Å². The fourth-order valence-electron chi connectivity index (χ4n) is 0.578. The lowest BCUT2D eigenvalue weighted by atomic mass is 10.3. The number of hydrogen-bond donors (Lipinski definition) is 1. The van der Waals surface area contributed by atoms with E-state index in [2.05, 4.69) is 15.9 Å². The quantitative estimate of drug-likeness (QED) is 0.739. The number of rotatable bonds is 2. The van der Waals surface area contributed by atoms with Crippen LogP contribution in [0.5, 0.6) is 0 Å². The van der Waals surface area contributed by atoms with Crippen LogP contribution in [0.3, 0.4) is 0 Å². The van der Waals surface area contributed by atoms with Gasteiger partial charge in [0.15, 0.2) is 18.2 Å². The van der Waals surface area contributed by atoms with Crippen molar-refractivity contribution < 1.29 is 14.3 Å². The first-order valence-corrected chi connectivity index (χ1v) is 3.41. The molecule has 1 aromatic rings. The van der Waals surface area contributed by atoms with Gasteiger partial charge in [-0.15, -0.1) is 0 Å². The van der Waals surface area contributed by atoms with Crippen LogP contribution in [0.2, 0.25) is 0 Å². The summed E-state index contributed by atoms with van der Waals surface area (Å²) < 4.78 is 5.39. The lowest BCUT2D eigenvalue weighted by Gasteiger charge is -1.96. The molecule has 0 fully saturated rings. The van der Waals surface area contributed by atoms with Crippen LogP contribution < -0.4 is 0 Å². The van der Waals surface area contributed by atoms with E-state index in [1.807, 2.05) is 0 Å². The molecule has 0 aliphatic heterocycles. The van der Waals surface area contributed by atoms with Crippen LogP contribution in [0.15, 0.2) is 21.2 Å². The van der Waals surface area contributed by atoms with Crippen molar-refractivity contribution in [2.75, 3.05) is 0 Å². The van der Waals surface area contributed by atoms with Crippen molar-refractivity contribution in [3.8, 4) is 0 Å². The van der Waals surface area contributed by atoms with Gasteiger partial charge in [0.2, 0.25) is 0 Å². The molecule has 4 heteroatoms. The number of aldehydes is 1. The van der Waals surface area contributed by atoms with E-state index in [1.54, 1.807) is 6.07 Å². The van der Waals surface area contributed by atoms with Gasteiger partial charge in [0.05, 0.1) is 10.7 Å². The molecular formula is C6H5BrO3. The van der Waals surface area contributed by atoms with Crippen LogP contribution in [0.1, 0.15) is 11.9 Å². The summed E-state index contributed by atoms with van der Waals surface area (Å²) in [4.78, 5) is 10.0. The third-order valence-electron chi connectivity index (χ3n) is 1.04. The number of halogens is 1. The molecule has 0 bridgehead atoms. The first-order valence-electron chi connectivity index (χ1n) is 2.62. The smallest absolute Gasteiger partial charge is 0.168 e. The molecule has 0 radical (unpaired) electrons. The van der Waals surface area contributed by atoms with Gasteiger partial charge in [0.1, 0.15) is 0 Å². The molecule has 1 rings (SSSR count). The molecule has 10 heavy (non-hydrogen) atoms. The Morgan fingerprint density at radius 3 is 2.90 bits per heavy atom. The van der Waals surface area contributed by atoms with E-state index in [4.69, 9.17) is 9.52 Å². The van der Waals surface area contributed by atoms with E-state index in [0.29, 0.717) is 10.8 Å². The average Bonchev–Trinajstić information content (AvgIpc) is 2.34. The van der Waals surface area contributed by atoms with Crippen molar-refractivity contribution in [1.29, 1.82) is 0 Å². The minimum Gasteiger partial charge on any atom is -0.465 e. The summed E-state index contributed by atoms with van der Waals surface area (Å²) in [5, 5.41) is 8.91. The topological polar surface area (TPSA) is 50.4 Å². The van der Waals surface area contributed by atoms with E-state index >= 15 is 0 Å². The molecule has 3 nitrogen and oxygen atoms in total. The highest BCUT2D eigenvalue weighted by Gasteiger charge is 2.12. The number of aliphatic hydroxyl groups excluding tert-OH is 1. The Bertz CT molecular complexity index is 231. The van der Waals surface area contributed by atoms with Crippen LogP contribution in [0.4, 0.5) is 0 Å². The third kappa shape index (κ3) is 1.27. The molecule has 0 saturated heterocycles. The Labute approximate surface area is 65.8 Å². The second kappa shape index (κ2) is 2.98. The minimum absolute atomic E-state index is 0.245. The van der Waals surface area contributed by atoms with Crippen LogP contribution in [-0.2, 0) is 4.79 Å². The molecule has 0 amide bonds. The Morgan fingerprint density at radius 1 is 1.80 bits per heavy atom. The van der Waals surface area contributed by atoms with E-state index < -0.39 is 6.10 Å². The molecule has 0 saturated carbocycles. The van der Waals surface area contributed by atoms with Gasteiger partial charge in [0, 0.05) is 0 Å². The van der Waals surface area contributed by atoms with Gasteiger partial charge < -0.3 is 9.52 Å². The van der Waals surface area contributed by atoms with Crippen molar-refractivity contribution in [3.63, 3.8) is 0 Å². The zero-order valence-corrected chi connectivity index (χ0v) is 6.54. The van der Waals surface area contributed by atoms with Crippen molar-refractivity contribution in [2.24, 2.45) is 0 Å². The highest BCUT2D eigenvalue weighted by atomic mass is 79.9. The summed E-state index contributed by atoms with van der Waals surface area (Å²) >= 11 is 3.10. The van der Waals surface area contributed by atoms with Gasteiger partial charge in [-0.25, -0.2) is 0 Å². The summed E-state index contributed by atoms with van der Waals surface area (Å²) in [6.07, 6.45) is 0.639. The van der Waals surface area contributed by atoms with Crippen molar-refractivity contribution in [3.05, 3.63) is 22.6 Å². The zero-order chi connectivity index (χ0) is 7.56. The molecule has 0 aliphatic carbocycles. The summed E-state index contributed by atoms with van der Waals surface area (Å²) in [7, 11) is 0. The lowest BCUT2D eigenvalue weighted by Crippen LogP contribution is -1.96. The molecule has 0 aliphatic rings. The SMILES string of the molecule is O=CC(O)c1occc1Br. The number of furan rings is 1. The van der Waals surface area contributed by atoms with Crippen LogP contribution in [-0.4, -0.2) is 11.4 Å². The minimum atomic E-state index is -1.16. The second-order valence-corrected chi connectivity index (χ2v) is 2.57. The maximum atomic E-state index is 10.0. The molecule has 0 spiro atoms. The lowest BCUT2D eigenvalue weighted by molar-refractivity contribution is -0.115. The summed E-state index contributed by atoms with van der Waals surface area (Å²) in [5.74, 6) is 0.245. The van der Waals surface area contributed by atoms with Gasteiger partial charge in [-0.05, 0) is 22.0 Å². The maximum absolute atomic E-state index is 10.0. The number of hydrogen-bond acceptors (Lipinski definition) is 3. The van der Waals surface area contributed by atoms with Crippen molar-refractivity contribution >= 4 is 22.2 Å². The largest absolute Gasteiger partial charge is 0.465 e. The molecule has 1 heterocycles. The molecule has 0 aromatic carbocycles. The second-order valence-electron chi connectivity index (χ2n) is 1.71. The van der Waals surface area contributed by atoms with Gasteiger partial charge in [-0.2, -0.15) is 0 Å². The van der Waals surface area contributed by atoms with Crippen LogP contribution >= 0.6 is 15.9 Å². The normalized spacial score (nSPS) is 13.0. The van der Waals surface area contributed by atoms with E-state index in [9.17, 15) is 4.79 Å². The molecular weight excluding hydrogens is 200 g/mol. The molecule has 54 valence electrons. The van der Waals surface area contributed by atoms with Gasteiger partial charge in [-0.1, -0.05) is 0 Å². The Hall–Kier alpha value is -0.610. The fourth-order valence-corrected chi connectivity index (χ4v) is 1.01. The van der Waals surface area contributed by atoms with Crippen LogP contribution in [0.25, 0.3) is 0 Å². The molecule has 1 aromatic heterocycles. The van der Waals surface area contributed by atoms with Gasteiger partial charge in [-0.3, -0.25) is 4.79 Å². The maximum Gasteiger partial charge on any atom is 0.168 e. The Balaban J connectivity index is 2.92. The molecule has 1 N–H and O–H groups in total. The average molecular weight is 205 g/mol. The van der Waals surface area contributed by atoms with E-state index in [1.165, 1.54) is 6.26 Å². The number of aliphatic hydroxyl groups is 1. The predicted octanol–water partition coefficient (Wildman–Crippen LogP) is 1.27. The molecule has 1 atom stereocenters. The monoisotopic (exact) mass is 204 g/mol. The summed E-state index contributed by atoms with van der Waals surface area (Å²) in [6.45, 7) is 0.